The Bertz CT molecular complexity index is 691. The molecular formula is C12H11ClN2O2S2. The molecule has 100 valence electrons. The average Bonchev–Trinajstić information content (AvgIpc) is 2.75. The molecule has 0 aliphatic heterocycles. The summed E-state index contributed by atoms with van der Waals surface area (Å²) in [7, 11) is -3.64. The quantitative estimate of drug-likeness (QED) is 0.696. The van der Waals surface area contributed by atoms with Crippen LogP contribution in [0, 0.1) is 6.92 Å². The molecule has 0 amide bonds. The Balaban J connectivity index is 2.09. The maximum Gasteiger partial charge on any atom is 0.276 e. The van der Waals surface area contributed by atoms with Crippen LogP contribution in [0.5, 0.6) is 0 Å². The monoisotopic (exact) mass is 314 g/mol. The van der Waals surface area contributed by atoms with Crippen molar-refractivity contribution in [3.63, 3.8) is 0 Å². The Morgan fingerprint density at radius 3 is 2.47 bits per heavy atom. The summed E-state index contributed by atoms with van der Waals surface area (Å²) in [5.74, 6) is 0. The van der Waals surface area contributed by atoms with Crippen LogP contribution in [0.25, 0.3) is 0 Å². The second kappa shape index (κ2) is 5.73. The van der Waals surface area contributed by atoms with E-state index in [9.17, 15) is 8.42 Å². The van der Waals surface area contributed by atoms with Crippen molar-refractivity contribution < 1.29 is 8.42 Å². The fourth-order valence-electron chi connectivity index (χ4n) is 1.35. The Hall–Kier alpha value is -1.37. The Morgan fingerprint density at radius 1 is 1.21 bits per heavy atom. The minimum atomic E-state index is -3.64. The molecule has 1 heterocycles. The number of hydrogen-bond acceptors (Lipinski definition) is 4. The fraction of sp³-hybridized carbons (Fsp3) is 0.0833. The molecule has 0 bridgehead atoms. The van der Waals surface area contributed by atoms with E-state index in [1.165, 1.54) is 41.8 Å². The Labute approximate surface area is 120 Å². The van der Waals surface area contributed by atoms with E-state index in [2.05, 4.69) is 9.93 Å². The van der Waals surface area contributed by atoms with Crippen LogP contribution >= 0.6 is 22.9 Å². The van der Waals surface area contributed by atoms with Gasteiger partial charge in [0.1, 0.15) is 0 Å². The maximum absolute atomic E-state index is 11.9. The molecular weight excluding hydrogens is 304 g/mol. The second-order valence-corrected chi connectivity index (χ2v) is 7.17. The van der Waals surface area contributed by atoms with Crippen molar-refractivity contribution in [3.8, 4) is 0 Å². The van der Waals surface area contributed by atoms with Crippen molar-refractivity contribution in [3.05, 3.63) is 51.2 Å². The lowest BCUT2D eigenvalue weighted by Crippen LogP contribution is -2.18. The van der Waals surface area contributed by atoms with E-state index < -0.39 is 10.0 Å². The summed E-state index contributed by atoms with van der Waals surface area (Å²) in [5.41, 5.74) is 0. The Morgan fingerprint density at radius 2 is 1.89 bits per heavy atom. The molecule has 4 nitrogen and oxygen atoms in total. The number of hydrazone groups is 1. The first-order chi connectivity index (χ1) is 8.97. The molecule has 1 N–H and O–H groups in total. The predicted octanol–water partition coefficient (Wildman–Crippen LogP) is 3.02. The van der Waals surface area contributed by atoms with Crippen LogP contribution in [-0.4, -0.2) is 14.6 Å². The van der Waals surface area contributed by atoms with Crippen LogP contribution in [0.2, 0.25) is 5.02 Å². The van der Waals surface area contributed by atoms with Gasteiger partial charge in [0.25, 0.3) is 10.0 Å². The predicted molar refractivity (Wildman–Crippen MR) is 78.4 cm³/mol. The zero-order chi connectivity index (χ0) is 13.9. The van der Waals surface area contributed by atoms with Gasteiger partial charge >= 0.3 is 0 Å². The van der Waals surface area contributed by atoms with Crippen LogP contribution in [-0.2, 0) is 10.0 Å². The fourth-order valence-corrected chi connectivity index (χ4v) is 3.02. The molecule has 0 radical (unpaired) electrons. The highest BCUT2D eigenvalue weighted by Gasteiger charge is 2.11. The summed E-state index contributed by atoms with van der Waals surface area (Å²) in [5, 5.41) is 4.22. The highest BCUT2D eigenvalue weighted by atomic mass is 35.5. The van der Waals surface area contributed by atoms with Crippen molar-refractivity contribution in [2.75, 3.05) is 0 Å². The molecule has 2 aromatic rings. The summed E-state index contributed by atoms with van der Waals surface area (Å²) < 4.78 is 23.7. The first kappa shape index (κ1) is 14.0. The minimum Gasteiger partial charge on any atom is -0.200 e. The number of nitrogens with zero attached hydrogens (tertiary/aromatic N) is 1. The van der Waals surface area contributed by atoms with E-state index in [-0.39, 0.29) is 4.90 Å². The number of hydrogen-bond donors (Lipinski definition) is 1. The average molecular weight is 315 g/mol. The number of benzene rings is 1. The van der Waals surface area contributed by atoms with Gasteiger partial charge in [-0.05, 0) is 43.3 Å². The molecule has 2 rings (SSSR count). The molecule has 0 saturated heterocycles. The van der Waals surface area contributed by atoms with Crippen molar-refractivity contribution in [1.82, 2.24) is 4.83 Å². The van der Waals surface area contributed by atoms with Gasteiger partial charge in [-0.25, -0.2) is 4.83 Å². The number of halogens is 1. The number of aryl methyl sites for hydroxylation is 1. The molecule has 19 heavy (non-hydrogen) atoms. The van der Waals surface area contributed by atoms with E-state index in [1.54, 1.807) is 0 Å². The van der Waals surface area contributed by atoms with Crippen molar-refractivity contribution in [2.24, 2.45) is 5.10 Å². The lowest BCUT2D eigenvalue weighted by molar-refractivity contribution is 0.584. The van der Waals surface area contributed by atoms with Gasteiger partial charge in [0, 0.05) is 14.8 Å². The summed E-state index contributed by atoms with van der Waals surface area (Å²) in [6, 6.07) is 9.70. The normalized spacial score (nSPS) is 11.9. The molecule has 0 atom stereocenters. The summed E-state index contributed by atoms with van der Waals surface area (Å²) in [6.07, 6.45) is 1.48. The maximum atomic E-state index is 11.9. The summed E-state index contributed by atoms with van der Waals surface area (Å²) in [4.78, 5) is 4.31. The molecule has 1 aromatic carbocycles. The SMILES string of the molecule is Cc1ccc(/C=N/NS(=O)(=O)c2ccc(Cl)cc2)s1. The Kier molecular flexibility index (Phi) is 4.24. The first-order valence-electron chi connectivity index (χ1n) is 5.34. The van der Waals surface area contributed by atoms with Gasteiger partial charge in [0.15, 0.2) is 0 Å². The van der Waals surface area contributed by atoms with E-state index >= 15 is 0 Å². The van der Waals surface area contributed by atoms with E-state index in [1.807, 2.05) is 19.1 Å². The minimum absolute atomic E-state index is 0.122. The van der Waals surface area contributed by atoms with Crippen molar-refractivity contribution >= 4 is 39.2 Å². The first-order valence-corrected chi connectivity index (χ1v) is 8.02. The third kappa shape index (κ3) is 3.79. The molecule has 0 fully saturated rings. The van der Waals surface area contributed by atoms with Gasteiger partial charge in [-0.3, -0.25) is 0 Å². The highest BCUT2D eigenvalue weighted by molar-refractivity contribution is 7.89. The smallest absolute Gasteiger partial charge is 0.200 e. The zero-order valence-electron chi connectivity index (χ0n) is 10.00. The van der Waals surface area contributed by atoms with E-state index in [0.29, 0.717) is 5.02 Å². The third-order valence-electron chi connectivity index (χ3n) is 2.25. The van der Waals surface area contributed by atoms with Gasteiger partial charge in [-0.2, -0.15) is 13.5 Å². The van der Waals surface area contributed by atoms with Crippen LogP contribution in [0.1, 0.15) is 9.75 Å². The number of nitrogens with one attached hydrogen (secondary N) is 1. The largest absolute Gasteiger partial charge is 0.276 e. The topological polar surface area (TPSA) is 58.5 Å². The number of sulfonamides is 1. The molecule has 0 saturated carbocycles. The van der Waals surface area contributed by atoms with Crippen LogP contribution < -0.4 is 4.83 Å². The van der Waals surface area contributed by atoms with Crippen molar-refractivity contribution in [1.29, 1.82) is 0 Å². The highest BCUT2D eigenvalue weighted by Crippen LogP contribution is 2.14. The molecule has 7 heteroatoms. The van der Waals surface area contributed by atoms with Crippen LogP contribution in [0.3, 0.4) is 0 Å². The van der Waals surface area contributed by atoms with Crippen LogP contribution in [0.15, 0.2) is 46.4 Å². The van der Waals surface area contributed by atoms with Gasteiger partial charge in [0.05, 0.1) is 11.1 Å². The zero-order valence-corrected chi connectivity index (χ0v) is 12.4. The van der Waals surface area contributed by atoms with Crippen LogP contribution in [0.4, 0.5) is 0 Å². The van der Waals surface area contributed by atoms with Gasteiger partial charge in [0.2, 0.25) is 0 Å². The second-order valence-electron chi connectivity index (χ2n) is 3.76. The standard InChI is InChI=1S/C12H11ClN2O2S2/c1-9-2-5-11(18-9)8-14-15-19(16,17)12-6-3-10(13)4-7-12/h2-8,15H,1H3/b14-8+. The molecule has 0 aliphatic rings. The summed E-state index contributed by atoms with van der Waals surface area (Å²) in [6.45, 7) is 1.97. The van der Waals surface area contributed by atoms with E-state index in [0.717, 1.165) is 9.75 Å². The number of thiophene rings is 1. The molecule has 0 aliphatic carbocycles. The molecule has 0 spiro atoms. The van der Waals surface area contributed by atoms with Gasteiger partial charge in [-0.15, -0.1) is 11.3 Å². The summed E-state index contributed by atoms with van der Waals surface area (Å²) >= 11 is 7.24. The third-order valence-corrected chi connectivity index (χ3v) is 4.68. The molecule has 1 aromatic heterocycles. The van der Waals surface area contributed by atoms with Crippen molar-refractivity contribution in [2.45, 2.75) is 11.8 Å². The van der Waals surface area contributed by atoms with Gasteiger partial charge < -0.3 is 0 Å². The lowest BCUT2D eigenvalue weighted by Gasteiger charge is -2.02. The van der Waals surface area contributed by atoms with E-state index in [4.69, 9.17) is 11.6 Å². The lowest BCUT2D eigenvalue weighted by atomic mass is 10.4. The van der Waals surface area contributed by atoms with Gasteiger partial charge in [-0.1, -0.05) is 11.6 Å². The number of rotatable bonds is 4. The molecule has 0 unspecified atom stereocenters.